The Labute approximate surface area is 110 Å². The van der Waals surface area contributed by atoms with Crippen molar-refractivity contribution in [3.8, 4) is 0 Å². The van der Waals surface area contributed by atoms with Crippen LogP contribution in [0.1, 0.15) is 44.9 Å². The summed E-state index contributed by atoms with van der Waals surface area (Å²) in [5.41, 5.74) is 7.49. The maximum Gasteiger partial charge on any atom is 0.217 e. The maximum atomic E-state index is 12.0. The van der Waals surface area contributed by atoms with E-state index in [0.717, 1.165) is 11.1 Å². The summed E-state index contributed by atoms with van der Waals surface area (Å²) in [7, 11) is -3.34. The minimum Gasteiger partial charge on any atom is -0.326 e. The third-order valence-corrected chi connectivity index (χ3v) is 5.13. The molecule has 0 saturated carbocycles. The second-order valence-electron chi connectivity index (χ2n) is 5.40. The van der Waals surface area contributed by atoms with Crippen molar-refractivity contribution in [2.45, 2.75) is 45.0 Å². The Morgan fingerprint density at radius 1 is 1.22 bits per heavy atom. The fourth-order valence-electron chi connectivity index (χ4n) is 1.42. The van der Waals surface area contributed by atoms with Gasteiger partial charge in [0.15, 0.2) is 0 Å². The molecule has 1 unspecified atom stereocenters. The standard InChI is InChI=1S/C13H22N2O2S/c1-10(15-18(16,17)13(2,3)4)12-7-5-11(9-14)6-8-12/h5-8,10,15H,9,14H2,1-4H3. The largest absolute Gasteiger partial charge is 0.326 e. The van der Waals surface area contributed by atoms with E-state index < -0.39 is 14.8 Å². The molecule has 1 aromatic carbocycles. The van der Waals surface area contributed by atoms with Gasteiger partial charge in [0.2, 0.25) is 10.0 Å². The van der Waals surface area contributed by atoms with E-state index in [-0.39, 0.29) is 6.04 Å². The number of sulfonamides is 1. The average Bonchev–Trinajstić information content (AvgIpc) is 2.27. The second kappa shape index (κ2) is 5.38. The van der Waals surface area contributed by atoms with Crippen LogP contribution in [-0.2, 0) is 16.6 Å². The van der Waals surface area contributed by atoms with Crippen molar-refractivity contribution in [2.75, 3.05) is 0 Å². The number of benzene rings is 1. The van der Waals surface area contributed by atoms with Gasteiger partial charge in [-0.25, -0.2) is 13.1 Å². The first kappa shape index (κ1) is 15.1. The topological polar surface area (TPSA) is 72.2 Å². The van der Waals surface area contributed by atoms with Crippen molar-refractivity contribution in [1.82, 2.24) is 4.72 Å². The van der Waals surface area contributed by atoms with Crippen molar-refractivity contribution in [1.29, 1.82) is 0 Å². The van der Waals surface area contributed by atoms with Gasteiger partial charge in [-0.15, -0.1) is 0 Å². The molecule has 5 heteroatoms. The first-order valence-corrected chi connectivity index (χ1v) is 7.46. The van der Waals surface area contributed by atoms with E-state index in [9.17, 15) is 8.42 Å². The molecule has 0 aliphatic carbocycles. The molecule has 0 saturated heterocycles. The summed E-state index contributed by atoms with van der Waals surface area (Å²) in [6.45, 7) is 7.36. The number of hydrogen-bond donors (Lipinski definition) is 2. The lowest BCUT2D eigenvalue weighted by atomic mass is 10.1. The van der Waals surface area contributed by atoms with Crippen LogP contribution < -0.4 is 10.5 Å². The number of nitrogens with one attached hydrogen (secondary N) is 1. The van der Waals surface area contributed by atoms with Gasteiger partial charge in [0.25, 0.3) is 0 Å². The van der Waals surface area contributed by atoms with Crippen LogP contribution in [-0.4, -0.2) is 13.2 Å². The number of rotatable bonds is 4. The molecule has 4 nitrogen and oxygen atoms in total. The molecule has 18 heavy (non-hydrogen) atoms. The molecule has 1 atom stereocenters. The van der Waals surface area contributed by atoms with Crippen molar-refractivity contribution in [3.05, 3.63) is 35.4 Å². The van der Waals surface area contributed by atoms with Crippen LogP contribution in [0.25, 0.3) is 0 Å². The van der Waals surface area contributed by atoms with Gasteiger partial charge in [-0.2, -0.15) is 0 Å². The Balaban J connectivity index is 2.86. The van der Waals surface area contributed by atoms with Crippen LogP contribution >= 0.6 is 0 Å². The zero-order chi connectivity index (χ0) is 14.0. The second-order valence-corrected chi connectivity index (χ2v) is 7.87. The maximum absolute atomic E-state index is 12.0. The van der Waals surface area contributed by atoms with Crippen LogP contribution in [0.5, 0.6) is 0 Å². The van der Waals surface area contributed by atoms with Gasteiger partial charge in [-0.05, 0) is 38.8 Å². The molecule has 0 amide bonds. The summed E-state index contributed by atoms with van der Waals surface area (Å²) < 4.78 is 25.9. The third-order valence-electron chi connectivity index (χ3n) is 2.85. The Morgan fingerprint density at radius 3 is 2.11 bits per heavy atom. The van der Waals surface area contributed by atoms with Crippen molar-refractivity contribution in [3.63, 3.8) is 0 Å². The molecule has 3 N–H and O–H groups in total. The lowest BCUT2D eigenvalue weighted by Crippen LogP contribution is -2.40. The highest BCUT2D eigenvalue weighted by atomic mass is 32.2. The van der Waals surface area contributed by atoms with E-state index in [0.29, 0.717) is 6.54 Å². The van der Waals surface area contributed by atoms with Crippen molar-refractivity contribution >= 4 is 10.0 Å². The number of hydrogen-bond acceptors (Lipinski definition) is 3. The molecular weight excluding hydrogens is 248 g/mol. The molecule has 102 valence electrons. The van der Waals surface area contributed by atoms with Crippen LogP contribution in [0.15, 0.2) is 24.3 Å². The fourth-order valence-corrected chi connectivity index (χ4v) is 2.38. The molecule has 0 heterocycles. The lowest BCUT2D eigenvalue weighted by molar-refractivity contribution is 0.532. The van der Waals surface area contributed by atoms with Crippen LogP contribution in [0.4, 0.5) is 0 Å². The van der Waals surface area contributed by atoms with Gasteiger partial charge in [-0.3, -0.25) is 0 Å². The molecule has 0 spiro atoms. The van der Waals surface area contributed by atoms with E-state index in [1.54, 1.807) is 20.8 Å². The van der Waals surface area contributed by atoms with Gasteiger partial charge in [0, 0.05) is 12.6 Å². The third kappa shape index (κ3) is 3.54. The van der Waals surface area contributed by atoms with Gasteiger partial charge in [0.05, 0.1) is 4.75 Å². The van der Waals surface area contributed by atoms with E-state index in [2.05, 4.69) is 4.72 Å². The molecule has 0 bridgehead atoms. The summed E-state index contributed by atoms with van der Waals surface area (Å²) in [6, 6.07) is 7.38. The normalized spacial score (nSPS) is 14.5. The molecule has 0 aromatic heterocycles. The van der Waals surface area contributed by atoms with Crippen molar-refractivity contribution < 1.29 is 8.42 Å². The molecule has 1 rings (SSSR count). The predicted octanol–water partition coefficient (Wildman–Crippen LogP) is 1.92. The molecule has 0 fully saturated rings. The summed E-state index contributed by atoms with van der Waals surface area (Å²) in [6.07, 6.45) is 0. The average molecular weight is 270 g/mol. The fraction of sp³-hybridized carbons (Fsp3) is 0.538. The Bertz CT molecular complexity index is 487. The minimum atomic E-state index is -3.34. The lowest BCUT2D eigenvalue weighted by Gasteiger charge is -2.23. The van der Waals surface area contributed by atoms with Crippen molar-refractivity contribution in [2.24, 2.45) is 5.73 Å². The van der Waals surface area contributed by atoms with Crippen LogP contribution in [0.3, 0.4) is 0 Å². The molecule has 0 aliphatic rings. The molecule has 1 aromatic rings. The van der Waals surface area contributed by atoms with E-state index in [1.165, 1.54) is 0 Å². The molecular formula is C13H22N2O2S. The predicted molar refractivity (Wildman–Crippen MR) is 74.6 cm³/mol. The monoisotopic (exact) mass is 270 g/mol. The van der Waals surface area contributed by atoms with E-state index in [4.69, 9.17) is 5.73 Å². The van der Waals surface area contributed by atoms with Gasteiger partial charge >= 0.3 is 0 Å². The quantitative estimate of drug-likeness (QED) is 0.878. The SMILES string of the molecule is CC(NS(=O)(=O)C(C)(C)C)c1ccc(CN)cc1. The first-order chi connectivity index (χ1) is 8.17. The highest BCUT2D eigenvalue weighted by Crippen LogP contribution is 2.19. The van der Waals surface area contributed by atoms with E-state index >= 15 is 0 Å². The summed E-state index contributed by atoms with van der Waals surface area (Å²) in [5, 5.41) is 0. The van der Waals surface area contributed by atoms with Crippen LogP contribution in [0, 0.1) is 0 Å². The van der Waals surface area contributed by atoms with E-state index in [1.807, 2.05) is 31.2 Å². The highest BCUT2D eigenvalue weighted by Gasteiger charge is 2.30. The van der Waals surface area contributed by atoms with Gasteiger partial charge in [0.1, 0.15) is 0 Å². The zero-order valence-corrected chi connectivity index (χ0v) is 12.2. The highest BCUT2D eigenvalue weighted by molar-refractivity contribution is 7.90. The Morgan fingerprint density at radius 2 is 1.72 bits per heavy atom. The minimum absolute atomic E-state index is 0.249. The summed E-state index contributed by atoms with van der Waals surface area (Å²) in [5.74, 6) is 0. The smallest absolute Gasteiger partial charge is 0.217 e. The van der Waals surface area contributed by atoms with Crippen LogP contribution in [0.2, 0.25) is 0 Å². The Hall–Kier alpha value is -0.910. The summed E-state index contributed by atoms with van der Waals surface area (Å²) in [4.78, 5) is 0. The number of nitrogens with two attached hydrogens (primary N) is 1. The first-order valence-electron chi connectivity index (χ1n) is 5.98. The van der Waals surface area contributed by atoms with Gasteiger partial charge < -0.3 is 5.73 Å². The summed E-state index contributed by atoms with van der Waals surface area (Å²) >= 11 is 0. The van der Waals surface area contributed by atoms with Gasteiger partial charge in [-0.1, -0.05) is 24.3 Å². The molecule has 0 radical (unpaired) electrons. The Kier molecular flexibility index (Phi) is 4.53. The molecule has 0 aliphatic heterocycles. The zero-order valence-electron chi connectivity index (χ0n) is 11.4.